The van der Waals surface area contributed by atoms with Gasteiger partial charge in [-0.2, -0.15) is 0 Å². The molecule has 5 nitrogen and oxygen atoms in total. The number of benzene rings is 1. The third kappa shape index (κ3) is 4.83. The van der Waals surface area contributed by atoms with Gasteiger partial charge in [0, 0.05) is 22.7 Å². The normalized spacial score (nSPS) is 24.0. The molecule has 0 radical (unpaired) electrons. The number of carbonyl (C=O) groups excluding carboxylic acids is 1. The number of hydrogen-bond acceptors (Lipinski definition) is 3. The van der Waals surface area contributed by atoms with Crippen molar-refractivity contribution < 1.29 is 13.2 Å². The molecule has 2 aliphatic rings. The first-order valence-electron chi connectivity index (χ1n) is 8.93. The fourth-order valence-electron chi connectivity index (χ4n) is 3.74. The molecule has 0 unspecified atom stereocenters. The van der Waals surface area contributed by atoms with Crippen LogP contribution in [0.4, 0.5) is 5.69 Å². The number of fused-ring (bicyclic) bond motifs is 1. The van der Waals surface area contributed by atoms with E-state index in [1.54, 1.807) is 4.90 Å². The van der Waals surface area contributed by atoms with Gasteiger partial charge < -0.3 is 4.90 Å². The lowest BCUT2D eigenvalue weighted by atomic mass is 9.88. The molecule has 1 saturated carbocycles. The number of anilines is 1. The van der Waals surface area contributed by atoms with E-state index in [-0.39, 0.29) is 11.9 Å². The number of halogens is 1. The summed E-state index contributed by atoms with van der Waals surface area (Å²) in [5.74, 6) is -0.166. The summed E-state index contributed by atoms with van der Waals surface area (Å²) in [6.07, 6.45) is 5.54. The van der Waals surface area contributed by atoms with Crippen LogP contribution < -0.4 is 9.62 Å². The predicted molar refractivity (Wildman–Crippen MR) is 103 cm³/mol. The molecule has 7 heteroatoms. The topological polar surface area (TPSA) is 66.5 Å². The van der Waals surface area contributed by atoms with Crippen molar-refractivity contribution in [3.8, 4) is 0 Å². The van der Waals surface area contributed by atoms with E-state index in [4.69, 9.17) is 0 Å². The van der Waals surface area contributed by atoms with E-state index in [2.05, 4.69) is 27.6 Å². The first-order chi connectivity index (χ1) is 11.8. The molecule has 1 aromatic carbocycles. The highest BCUT2D eigenvalue weighted by Gasteiger charge is 2.29. The largest absolute Gasteiger partial charge is 0.311 e. The van der Waals surface area contributed by atoms with Crippen molar-refractivity contribution in [2.75, 3.05) is 17.2 Å². The first kappa shape index (κ1) is 18.9. The number of hydrogen-bond donors (Lipinski definition) is 1. The van der Waals surface area contributed by atoms with Crippen LogP contribution in [0.1, 0.15) is 44.6 Å². The molecule has 1 fully saturated rings. The van der Waals surface area contributed by atoms with Gasteiger partial charge in [0.25, 0.3) is 0 Å². The van der Waals surface area contributed by atoms with E-state index in [1.165, 1.54) is 0 Å². The predicted octanol–water partition coefficient (Wildman–Crippen LogP) is 3.23. The van der Waals surface area contributed by atoms with Crippen LogP contribution in [0.5, 0.6) is 0 Å². The molecule has 1 aromatic rings. The van der Waals surface area contributed by atoms with Crippen molar-refractivity contribution in [3.63, 3.8) is 0 Å². The summed E-state index contributed by atoms with van der Waals surface area (Å²) in [6, 6.07) is 5.75. The lowest BCUT2D eigenvalue weighted by Gasteiger charge is -2.30. The molecule has 0 saturated heterocycles. The number of rotatable bonds is 4. The maximum Gasteiger partial charge on any atom is 0.243 e. The maximum absolute atomic E-state index is 12.7. The lowest BCUT2D eigenvalue weighted by molar-refractivity contribution is -0.116. The Kier molecular flexibility index (Phi) is 5.85. The van der Waals surface area contributed by atoms with Crippen molar-refractivity contribution >= 4 is 37.5 Å². The molecule has 1 amide bonds. The van der Waals surface area contributed by atoms with Gasteiger partial charge in [0.05, 0.1) is 0 Å². The van der Waals surface area contributed by atoms with E-state index in [0.29, 0.717) is 12.5 Å². The lowest BCUT2D eigenvalue weighted by Crippen LogP contribution is -2.45. The van der Waals surface area contributed by atoms with Crippen molar-refractivity contribution in [1.82, 2.24) is 4.72 Å². The van der Waals surface area contributed by atoms with Gasteiger partial charge in [-0.3, -0.25) is 4.79 Å². The van der Waals surface area contributed by atoms with Gasteiger partial charge in [0.2, 0.25) is 15.9 Å². The number of carbonyl (C=O) groups is 1. The van der Waals surface area contributed by atoms with Crippen LogP contribution in [0, 0.1) is 5.92 Å². The van der Waals surface area contributed by atoms with E-state index in [9.17, 15) is 13.2 Å². The van der Waals surface area contributed by atoms with Gasteiger partial charge in [-0.05, 0) is 68.2 Å². The van der Waals surface area contributed by atoms with Gasteiger partial charge >= 0.3 is 0 Å². The van der Waals surface area contributed by atoms with Crippen LogP contribution in [0.15, 0.2) is 22.7 Å². The molecule has 25 heavy (non-hydrogen) atoms. The highest BCUT2D eigenvalue weighted by Crippen LogP contribution is 2.30. The Balaban J connectivity index is 1.66. The van der Waals surface area contributed by atoms with Gasteiger partial charge in [0.1, 0.15) is 5.75 Å². The number of amides is 1. The number of nitrogens with one attached hydrogen (secondary N) is 1. The zero-order valence-electron chi connectivity index (χ0n) is 14.5. The second kappa shape index (κ2) is 7.76. The third-order valence-electron chi connectivity index (χ3n) is 5.14. The second-order valence-electron chi connectivity index (χ2n) is 7.26. The number of sulfonamides is 1. The average Bonchev–Trinajstić information content (AvgIpc) is 2.55. The molecule has 1 N–H and O–H groups in total. The second-order valence-corrected chi connectivity index (χ2v) is 9.93. The molecule has 1 aliphatic carbocycles. The maximum atomic E-state index is 12.7. The van der Waals surface area contributed by atoms with E-state index in [1.807, 2.05) is 18.2 Å². The molecule has 0 spiro atoms. The van der Waals surface area contributed by atoms with E-state index < -0.39 is 15.8 Å². The Morgan fingerprint density at radius 1 is 1.28 bits per heavy atom. The molecule has 0 atom stereocenters. The van der Waals surface area contributed by atoms with Crippen molar-refractivity contribution in [1.29, 1.82) is 0 Å². The zero-order valence-corrected chi connectivity index (χ0v) is 16.9. The number of nitrogens with zero attached hydrogens (tertiary/aromatic N) is 1. The van der Waals surface area contributed by atoms with Gasteiger partial charge in [-0.15, -0.1) is 0 Å². The monoisotopic (exact) mass is 428 g/mol. The SMILES string of the molecule is CC1CCC(NS(=O)(=O)CC(=O)N2CCCc3cc(Br)ccc32)CC1. The molecule has 0 bridgehead atoms. The summed E-state index contributed by atoms with van der Waals surface area (Å²) in [5, 5.41) is 0. The standard InChI is InChI=1S/C18H25BrN2O3S/c1-13-4-7-16(8-5-13)20-25(23,24)12-18(22)21-10-2-3-14-11-15(19)6-9-17(14)21/h6,9,11,13,16,20H,2-5,7-8,10,12H2,1H3. The molecule has 1 heterocycles. The summed E-state index contributed by atoms with van der Waals surface area (Å²) >= 11 is 3.45. The van der Waals surface area contributed by atoms with E-state index in [0.717, 1.165) is 54.2 Å². The third-order valence-corrected chi connectivity index (χ3v) is 6.95. The van der Waals surface area contributed by atoms with Crippen LogP contribution in [0.3, 0.4) is 0 Å². The van der Waals surface area contributed by atoms with Crippen LogP contribution in [0.2, 0.25) is 0 Å². The van der Waals surface area contributed by atoms with Gasteiger partial charge in [-0.1, -0.05) is 22.9 Å². The van der Waals surface area contributed by atoms with Gasteiger partial charge in [0.15, 0.2) is 0 Å². The zero-order chi connectivity index (χ0) is 18.0. The summed E-state index contributed by atoms with van der Waals surface area (Å²) < 4.78 is 28.6. The van der Waals surface area contributed by atoms with Crippen LogP contribution in [-0.4, -0.2) is 32.7 Å². The quantitative estimate of drug-likeness (QED) is 0.799. The van der Waals surface area contributed by atoms with Crippen LogP contribution in [-0.2, 0) is 21.2 Å². The summed E-state index contributed by atoms with van der Waals surface area (Å²) in [7, 11) is -3.61. The number of aryl methyl sites for hydroxylation is 1. The summed E-state index contributed by atoms with van der Waals surface area (Å²) in [6.45, 7) is 2.77. The molecule has 0 aromatic heterocycles. The Morgan fingerprint density at radius 3 is 2.72 bits per heavy atom. The molecule has 138 valence electrons. The smallest absolute Gasteiger partial charge is 0.243 e. The molecule has 3 rings (SSSR count). The van der Waals surface area contributed by atoms with Crippen LogP contribution in [0.25, 0.3) is 0 Å². The van der Waals surface area contributed by atoms with Crippen molar-refractivity contribution in [2.45, 2.75) is 51.5 Å². The summed E-state index contributed by atoms with van der Waals surface area (Å²) in [5.41, 5.74) is 1.92. The fourth-order valence-corrected chi connectivity index (χ4v) is 5.46. The summed E-state index contributed by atoms with van der Waals surface area (Å²) in [4.78, 5) is 14.3. The highest BCUT2D eigenvalue weighted by atomic mass is 79.9. The van der Waals surface area contributed by atoms with Crippen molar-refractivity contribution in [3.05, 3.63) is 28.2 Å². The highest BCUT2D eigenvalue weighted by molar-refractivity contribution is 9.10. The minimum atomic E-state index is -3.61. The Hall–Kier alpha value is -0.920. The molecular formula is C18H25BrN2O3S. The minimum absolute atomic E-state index is 0.0291. The Morgan fingerprint density at radius 2 is 2.00 bits per heavy atom. The Labute approximate surface area is 158 Å². The minimum Gasteiger partial charge on any atom is -0.311 e. The van der Waals surface area contributed by atoms with Gasteiger partial charge in [-0.25, -0.2) is 13.1 Å². The fraction of sp³-hybridized carbons (Fsp3) is 0.611. The average molecular weight is 429 g/mol. The van der Waals surface area contributed by atoms with E-state index >= 15 is 0 Å². The van der Waals surface area contributed by atoms with Crippen LogP contribution >= 0.6 is 15.9 Å². The van der Waals surface area contributed by atoms with Crippen molar-refractivity contribution in [2.24, 2.45) is 5.92 Å². The molecular weight excluding hydrogens is 404 g/mol. The Bertz CT molecular complexity index is 743. The molecule has 1 aliphatic heterocycles. The first-order valence-corrected chi connectivity index (χ1v) is 11.4.